The Morgan fingerprint density at radius 3 is 2.35 bits per heavy atom. The molecule has 0 fully saturated rings. The fourth-order valence-corrected chi connectivity index (χ4v) is 1.74. The number of rotatable bonds is 6. The molecular weight excluding hydrogens is 214 g/mol. The highest BCUT2D eigenvalue weighted by Crippen LogP contribution is 2.13. The van der Waals surface area contributed by atoms with E-state index in [4.69, 9.17) is 5.84 Å². The lowest BCUT2D eigenvalue weighted by Crippen LogP contribution is -2.26. The molecule has 17 heavy (non-hydrogen) atoms. The summed E-state index contributed by atoms with van der Waals surface area (Å²) in [7, 11) is 0. The summed E-state index contributed by atoms with van der Waals surface area (Å²) in [6, 6.07) is 0. The molecule has 0 radical (unpaired) electrons. The zero-order valence-electron chi connectivity index (χ0n) is 11.2. The van der Waals surface area contributed by atoms with Gasteiger partial charge < -0.3 is 10.3 Å². The number of likely N-dealkylation sites (N-methyl/N-ethyl adjacent to an activating group) is 1. The van der Waals surface area contributed by atoms with E-state index in [9.17, 15) is 0 Å². The van der Waals surface area contributed by atoms with Gasteiger partial charge in [0.2, 0.25) is 0 Å². The molecule has 0 atom stereocenters. The van der Waals surface area contributed by atoms with Crippen molar-refractivity contribution in [2.24, 2.45) is 5.84 Å². The van der Waals surface area contributed by atoms with Crippen LogP contribution in [0.25, 0.3) is 0 Å². The summed E-state index contributed by atoms with van der Waals surface area (Å²) in [6.45, 7) is 11.4. The number of nitrogen functional groups attached to an aromatic ring is 1. The van der Waals surface area contributed by atoms with Crippen molar-refractivity contribution in [3.05, 3.63) is 17.1 Å². The molecule has 0 saturated heterocycles. The van der Waals surface area contributed by atoms with Gasteiger partial charge in [0.15, 0.2) is 0 Å². The smallest absolute Gasteiger partial charge is 0.146 e. The Kier molecular flexibility index (Phi) is 5.31. The summed E-state index contributed by atoms with van der Waals surface area (Å²) >= 11 is 0. The molecule has 0 aliphatic rings. The lowest BCUT2D eigenvalue weighted by molar-refractivity contribution is 0.305. The van der Waals surface area contributed by atoms with Gasteiger partial charge in [0.25, 0.3) is 0 Å². The summed E-state index contributed by atoms with van der Waals surface area (Å²) < 4.78 is 0. The molecule has 0 saturated carbocycles. The van der Waals surface area contributed by atoms with Gasteiger partial charge in [0.1, 0.15) is 11.6 Å². The fourth-order valence-electron chi connectivity index (χ4n) is 1.74. The van der Waals surface area contributed by atoms with Gasteiger partial charge in [0, 0.05) is 24.2 Å². The van der Waals surface area contributed by atoms with E-state index in [1.54, 1.807) is 0 Å². The SMILES string of the molecule is CCN(CC)CCc1nc(C)c(C)c(NN)n1. The van der Waals surface area contributed by atoms with Gasteiger partial charge in [-0.2, -0.15) is 0 Å². The van der Waals surface area contributed by atoms with Gasteiger partial charge in [-0.25, -0.2) is 15.8 Å². The minimum Gasteiger partial charge on any atom is -0.308 e. The van der Waals surface area contributed by atoms with Crippen LogP contribution in [0.1, 0.15) is 30.9 Å². The second kappa shape index (κ2) is 6.51. The molecule has 0 amide bonds. The number of aromatic nitrogens is 2. The van der Waals surface area contributed by atoms with E-state index >= 15 is 0 Å². The number of hydrazine groups is 1. The van der Waals surface area contributed by atoms with E-state index in [-0.39, 0.29) is 0 Å². The summed E-state index contributed by atoms with van der Waals surface area (Å²) in [5.74, 6) is 7.03. The van der Waals surface area contributed by atoms with Crippen LogP contribution in [-0.2, 0) is 6.42 Å². The Morgan fingerprint density at radius 2 is 1.82 bits per heavy atom. The number of nitrogens with zero attached hydrogens (tertiary/aromatic N) is 3. The summed E-state index contributed by atoms with van der Waals surface area (Å²) in [4.78, 5) is 11.3. The summed E-state index contributed by atoms with van der Waals surface area (Å²) in [5, 5.41) is 0. The van der Waals surface area contributed by atoms with Gasteiger partial charge >= 0.3 is 0 Å². The van der Waals surface area contributed by atoms with Crippen molar-refractivity contribution in [1.29, 1.82) is 0 Å². The van der Waals surface area contributed by atoms with Crippen LogP contribution in [0.4, 0.5) is 5.82 Å². The maximum Gasteiger partial charge on any atom is 0.146 e. The van der Waals surface area contributed by atoms with Crippen molar-refractivity contribution < 1.29 is 0 Å². The molecular formula is C12H23N5. The molecule has 0 spiro atoms. The molecule has 96 valence electrons. The minimum absolute atomic E-state index is 0.729. The number of nitrogens with two attached hydrogens (primary N) is 1. The van der Waals surface area contributed by atoms with Crippen LogP contribution in [0.2, 0.25) is 0 Å². The van der Waals surface area contributed by atoms with Crippen molar-refractivity contribution in [3.8, 4) is 0 Å². The van der Waals surface area contributed by atoms with Gasteiger partial charge in [-0.05, 0) is 26.9 Å². The van der Waals surface area contributed by atoms with Crippen molar-refractivity contribution in [2.45, 2.75) is 34.1 Å². The third-order valence-corrected chi connectivity index (χ3v) is 3.12. The summed E-state index contributed by atoms with van der Waals surface area (Å²) in [6.07, 6.45) is 0.859. The number of hydrogen-bond donors (Lipinski definition) is 2. The Balaban J connectivity index is 2.75. The third-order valence-electron chi connectivity index (χ3n) is 3.12. The van der Waals surface area contributed by atoms with Crippen molar-refractivity contribution in [2.75, 3.05) is 25.1 Å². The van der Waals surface area contributed by atoms with Crippen LogP contribution in [0.3, 0.4) is 0 Å². The highest BCUT2D eigenvalue weighted by molar-refractivity contribution is 5.44. The highest BCUT2D eigenvalue weighted by Gasteiger charge is 2.08. The van der Waals surface area contributed by atoms with Crippen molar-refractivity contribution >= 4 is 5.82 Å². The monoisotopic (exact) mass is 237 g/mol. The molecule has 0 unspecified atom stereocenters. The van der Waals surface area contributed by atoms with Crippen molar-refractivity contribution in [1.82, 2.24) is 14.9 Å². The van der Waals surface area contributed by atoms with E-state index in [2.05, 4.69) is 34.1 Å². The second-order valence-corrected chi connectivity index (χ2v) is 4.12. The molecule has 1 rings (SSSR count). The predicted octanol–water partition coefficient (Wildman–Crippen LogP) is 1.26. The molecule has 5 nitrogen and oxygen atoms in total. The Hall–Kier alpha value is -1.20. The van der Waals surface area contributed by atoms with Gasteiger partial charge in [-0.3, -0.25) is 0 Å². The number of hydrogen-bond acceptors (Lipinski definition) is 5. The van der Waals surface area contributed by atoms with Crippen molar-refractivity contribution in [3.63, 3.8) is 0 Å². The molecule has 0 aliphatic heterocycles. The average Bonchev–Trinajstić information content (AvgIpc) is 2.34. The number of anilines is 1. The summed E-state index contributed by atoms with van der Waals surface area (Å²) in [5.41, 5.74) is 4.63. The van der Waals surface area contributed by atoms with E-state index in [1.807, 2.05) is 13.8 Å². The first-order valence-corrected chi connectivity index (χ1v) is 6.15. The van der Waals surface area contributed by atoms with E-state index < -0.39 is 0 Å². The van der Waals surface area contributed by atoms with Gasteiger partial charge in [-0.15, -0.1) is 0 Å². The third kappa shape index (κ3) is 3.64. The number of nitrogens with one attached hydrogen (secondary N) is 1. The molecule has 1 heterocycles. The predicted molar refractivity (Wildman–Crippen MR) is 70.8 cm³/mol. The topological polar surface area (TPSA) is 67.1 Å². The first-order valence-electron chi connectivity index (χ1n) is 6.15. The Bertz CT molecular complexity index is 360. The molecule has 0 aliphatic carbocycles. The lowest BCUT2D eigenvalue weighted by atomic mass is 10.2. The normalized spacial score (nSPS) is 10.9. The van der Waals surface area contributed by atoms with Gasteiger partial charge in [-0.1, -0.05) is 13.8 Å². The maximum absolute atomic E-state index is 5.45. The largest absolute Gasteiger partial charge is 0.308 e. The van der Waals surface area contributed by atoms with E-state index in [1.165, 1.54) is 0 Å². The van der Waals surface area contributed by atoms with E-state index in [0.717, 1.165) is 49.0 Å². The molecule has 5 heteroatoms. The van der Waals surface area contributed by atoms with Crippen LogP contribution in [0.5, 0.6) is 0 Å². The molecule has 3 N–H and O–H groups in total. The van der Waals surface area contributed by atoms with Crippen LogP contribution >= 0.6 is 0 Å². The zero-order valence-corrected chi connectivity index (χ0v) is 11.2. The highest BCUT2D eigenvalue weighted by atomic mass is 15.3. The first-order chi connectivity index (χ1) is 8.12. The van der Waals surface area contributed by atoms with Crippen LogP contribution < -0.4 is 11.3 Å². The average molecular weight is 237 g/mol. The van der Waals surface area contributed by atoms with Crippen LogP contribution in [0.15, 0.2) is 0 Å². The molecule has 0 bridgehead atoms. The lowest BCUT2D eigenvalue weighted by Gasteiger charge is -2.17. The molecule has 1 aromatic heterocycles. The van der Waals surface area contributed by atoms with Gasteiger partial charge in [0.05, 0.1) is 0 Å². The van der Waals surface area contributed by atoms with Crippen LogP contribution in [0, 0.1) is 13.8 Å². The van der Waals surface area contributed by atoms with E-state index in [0.29, 0.717) is 0 Å². The Morgan fingerprint density at radius 1 is 1.18 bits per heavy atom. The standard InChI is InChI=1S/C12H23N5/c1-5-17(6-2)8-7-11-14-10(4)9(3)12(15-11)16-13/h5-8,13H2,1-4H3,(H,14,15,16). The zero-order chi connectivity index (χ0) is 12.8. The Labute approximate surface area is 103 Å². The fraction of sp³-hybridized carbons (Fsp3) is 0.667. The molecule has 0 aromatic carbocycles. The minimum atomic E-state index is 0.729. The maximum atomic E-state index is 5.45. The van der Waals surface area contributed by atoms with Crippen LogP contribution in [-0.4, -0.2) is 34.5 Å². The quantitative estimate of drug-likeness (QED) is 0.576. The second-order valence-electron chi connectivity index (χ2n) is 4.12. The first kappa shape index (κ1) is 13.9. The molecule has 1 aromatic rings. The number of aryl methyl sites for hydroxylation is 1.